The van der Waals surface area contributed by atoms with Crippen LogP contribution in [0.25, 0.3) is 0 Å². The Labute approximate surface area is 135 Å². The molecule has 5 heteroatoms. The van der Waals surface area contributed by atoms with Gasteiger partial charge in [0.25, 0.3) is 0 Å². The third-order valence-electron chi connectivity index (χ3n) is 1.74. The smallest absolute Gasteiger partial charge is 0.439 e. The van der Waals surface area contributed by atoms with Crippen molar-refractivity contribution < 1.29 is 64.4 Å². The van der Waals surface area contributed by atoms with Crippen LogP contribution in [0, 0.1) is 6.92 Å². The van der Waals surface area contributed by atoms with Crippen molar-refractivity contribution in [2.75, 3.05) is 0 Å². The zero-order valence-electron chi connectivity index (χ0n) is 9.56. The molecule has 0 saturated carbocycles. The van der Waals surface area contributed by atoms with E-state index in [4.69, 9.17) is 13.0 Å². The van der Waals surface area contributed by atoms with Crippen molar-refractivity contribution in [1.29, 1.82) is 0 Å². The summed E-state index contributed by atoms with van der Waals surface area (Å²) in [5, 5.41) is 0. The number of rotatable bonds is 1. The summed E-state index contributed by atoms with van der Waals surface area (Å²) in [7, 11) is -2.86. The van der Waals surface area contributed by atoms with Gasteiger partial charge in [0.2, 0.25) is 0 Å². The number of aryl methyl sites for hydroxylation is 1. The molecule has 0 amide bonds. The van der Waals surface area contributed by atoms with E-state index >= 15 is 0 Å². The first-order chi connectivity index (χ1) is 6.43. The van der Waals surface area contributed by atoms with Crippen LogP contribution in [0.1, 0.15) is 30.9 Å². The molecule has 0 atom stereocenters. The van der Waals surface area contributed by atoms with Crippen LogP contribution in [-0.2, 0) is 19.4 Å². The van der Waals surface area contributed by atoms with E-state index in [2.05, 4.69) is 45.0 Å². The molecule has 1 aromatic carbocycles. The van der Waals surface area contributed by atoms with Crippen LogP contribution in [-0.4, -0.2) is 4.55 Å². The van der Waals surface area contributed by atoms with E-state index in [1.54, 1.807) is 0 Å². The predicted molar refractivity (Wildman–Crippen MR) is 56.6 cm³/mol. The van der Waals surface area contributed by atoms with Crippen LogP contribution in [0.5, 0.6) is 0 Å². The van der Waals surface area contributed by atoms with Gasteiger partial charge in [-0.05, 0) is 18.4 Å². The molecule has 3 nitrogen and oxygen atoms in total. The molecule has 0 aliphatic rings. The number of benzene rings is 1. The molecular weight excluding hydrogens is 239 g/mol. The van der Waals surface area contributed by atoms with Crippen molar-refractivity contribution in [1.82, 2.24) is 0 Å². The van der Waals surface area contributed by atoms with Crippen molar-refractivity contribution in [3.63, 3.8) is 0 Å². The fraction of sp³-hybridized carbons (Fsp3) is 0.400. The molecule has 0 unspecified atom stereocenters. The fourth-order valence-electron chi connectivity index (χ4n) is 0.951. The first-order valence-corrected chi connectivity index (χ1v) is 5.31. The van der Waals surface area contributed by atoms with Crippen molar-refractivity contribution in [3.8, 4) is 0 Å². The van der Waals surface area contributed by atoms with E-state index in [9.17, 15) is 0 Å². The van der Waals surface area contributed by atoms with Gasteiger partial charge >= 0.3 is 51.4 Å². The van der Waals surface area contributed by atoms with E-state index in [-0.39, 0.29) is 51.4 Å². The molecule has 1 N–H and O–H groups in total. The standard InChI is InChI=1S/C10H14.K.HO3S/c1-8(2)10-6-4-9(3)5-7-10;;1-4(2)3/h4-8H,1-3H3;;(H,1,2,3)/q;+1;-1. The van der Waals surface area contributed by atoms with E-state index in [0.29, 0.717) is 5.92 Å². The Morgan fingerprint density at radius 1 is 1.13 bits per heavy atom. The van der Waals surface area contributed by atoms with Gasteiger partial charge in [0, 0.05) is 11.0 Å². The maximum Gasteiger partial charge on any atom is 1.00 e. The summed E-state index contributed by atoms with van der Waals surface area (Å²) in [5.41, 5.74) is 2.76. The molecule has 1 aromatic rings. The topological polar surface area (TPSA) is 54.4 Å². The molecule has 0 heterocycles. The van der Waals surface area contributed by atoms with Gasteiger partial charge in [-0.1, -0.05) is 43.7 Å². The zero-order chi connectivity index (χ0) is 11.1. The summed E-state index contributed by atoms with van der Waals surface area (Å²) < 4.78 is 24.1. The molecule has 0 spiro atoms. The minimum atomic E-state index is -2.86. The molecule has 0 aliphatic carbocycles. The van der Waals surface area contributed by atoms with Crippen molar-refractivity contribution in [2.45, 2.75) is 26.7 Å². The van der Waals surface area contributed by atoms with Crippen LogP contribution in [0.2, 0.25) is 0 Å². The van der Waals surface area contributed by atoms with Crippen LogP contribution in [0.15, 0.2) is 24.3 Å². The molecule has 0 radical (unpaired) electrons. The predicted octanol–water partition coefficient (Wildman–Crippen LogP) is -0.109. The summed E-state index contributed by atoms with van der Waals surface area (Å²) in [4.78, 5) is 0. The summed E-state index contributed by atoms with van der Waals surface area (Å²) in [5.74, 6) is 0.653. The minimum Gasteiger partial charge on any atom is -0.439 e. The molecule has 0 saturated heterocycles. The molecule has 1 rings (SSSR count). The van der Waals surface area contributed by atoms with Gasteiger partial charge in [-0.3, -0.25) is 0 Å². The average molecular weight is 254 g/mol. The van der Waals surface area contributed by atoms with Gasteiger partial charge in [0.05, 0.1) is 0 Å². The van der Waals surface area contributed by atoms with Crippen molar-refractivity contribution in [3.05, 3.63) is 35.4 Å². The SMILES string of the molecule is Cc1ccc(C(C)C)cc1.O=[S-](=O)O.[K+]. The second-order valence-electron chi connectivity index (χ2n) is 3.28. The fourth-order valence-corrected chi connectivity index (χ4v) is 0.951. The molecule has 0 bridgehead atoms. The van der Waals surface area contributed by atoms with Crippen LogP contribution in [0.4, 0.5) is 0 Å². The second kappa shape index (κ2) is 9.95. The molecule has 0 fully saturated rings. The quantitative estimate of drug-likeness (QED) is 0.329. The van der Waals surface area contributed by atoms with Crippen LogP contribution in [0.3, 0.4) is 0 Å². The molecule has 0 aliphatic heterocycles. The molecular formula is C10H15KO3S. The second-order valence-corrected chi connectivity index (χ2v) is 3.72. The third-order valence-corrected chi connectivity index (χ3v) is 1.74. The van der Waals surface area contributed by atoms with Gasteiger partial charge in [-0.25, -0.2) is 0 Å². The zero-order valence-corrected chi connectivity index (χ0v) is 13.5. The largest absolute Gasteiger partial charge is 1.00 e. The maximum absolute atomic E-state index is 8.56. The van der Waals surface area contributed by atoms with Crippen molar-refractivity contribution in [2.24, 2.45) is 0 Å². The molecule has 15 heavy (non-hydrogen) atoms. The summed E-state index contributed by atoms with van der Waals surface area (Å²) in [6, 6.07) is 8.71. The van der Waals surface area contributed by atoms with Crippen molar-refractivity contribution >= 4 is 11.0 Å². The van der Waals surface area contributed by atoms with E-state index in [0.717, 1.165) is 0 Å². The maximum atomic E-state index is 8.56. The summed E-state index contributed by atoms with van der Waals surface area (Å²) >= 11 is 0. The van der Waals surface area contributed by atoms with E-state index in [1.807, 2.05) is 0 Å². The summed E-state index contributed by atoms with van der Waals surface area (Å²) in [6.07, 6.45) is 0. The van der Waals surface area contributed by atoms with Gasteiger partial charge in [0.1, 0.15) is 0 Å². The number of hydrogen-bond donors (Lipinski definition) is 1. The third kappa shape index (κ3) is 11.0. The Morgan fingerprint density at radius 2 is 1.47 bits per heavy atom. The molecule has 0 aromatic heterocycles. The first-order valence-electron chi connectivity index (χ1n) is 4.28. The normalized spacial score (nSPS) is 9.20. The van der Waals surface area contributed by atoms with Crippen LogP contribution >= 0.6 is 0 Å². The Bertz CT molecular complexity index is 323. The van der Waals surface area contributed by atoms with Gasteiger partial charge in [-0.2, -0.15) is 0 Å². The van der Waals surface area contributed by atoms with Crippen LogP contribution < -0.4 is 51.4 Å². The Morgan fingerprint density at radius 3 is 1.73 bits per heavy atom. The minimum absolute atomic E-state index is 0. The monoisotopic (exact) mass is 254 g/mol. The summed E-state index contributed by atoms with van der Waals surface area (Å²) in [6.45, 7) is 6.54. The Balaban J connectivity index is 0. The van der Waals surface area contributed by atoms with Gasteiger partial charge < -0.3 is 13.0 Å². The first kappa shape index (κ1) is 18.1. The van der Waals surface area contributed by atoms with Gasteiger partial charge in [-0.15, -0.1) is 0 Å². The Hall–Kier alpha value is 0.766. The van der Waals surface area contributed by atoms with Gasteiger partial charge in [0.15, 0.2) is 0 Å². The van der Waals surface area contributed by atoms with E-state index < -0.39 is 11.0 Å². The number of hydrogen-bond acceptors (Lipinski definition) is 3. The Kier molecular flexibility index (Phi) is 12.0. The molecule has 80 valence electrons. The average Bonchev–Trinajstić information content (AvgIpc) is 2.03. The van der Waals surface area contributed by atoms with E-state index in [1.165, 1.54) is 11.1 Å².